The van der Waals surface area contributed by atoms with Crippen LogP contribution < -0.4 is 14.4 Å². The smallest absolute Gasteiger partial charge is 0.407 e. The molecule has 1 fully saturated rings. The van der Waals surface area contributed by atoms with Crippen molar-refractivity contribution in [1.29, 1.82) is 0 Å². The predicted molar refractivity (Wildman–Crippen MR) is 178 cm³/mol. The standard InChI is InChI=1S/C34H50N2O10S/c1-23(46-47(7,39)40)21-45-31-30(25-10-12-26(42-6)13-11-25)29(20-36(33(37)38)32(31)34(2,3)4)44-22-24-9-14-28-27(19-24)35(16-18-43-28)15-8-17-41-5/h9-14,19,23,29-32H,8,15-18,20-22H2,1-7H3,(H,37,38)/t23-,29+,30-,31+,32?/m1/s1. The van der Waals surface area contributed by atoms with Crippen molar-refractivity contribution in [1.82, 2.24) is 4.90 Å². The highest BCUT2D eigenvalue weighted by Crippen LogP contribution is 2.43. The van der Waals surface area contributed by atoms with Crippen molar-refractivity contribution < 1.29 is 46.2 Å². The molecule has 0 aliphatic carbocycles. The van der Waals surface area contributed by atoms with Crippen LogP contribution >= 0.6 is 0 Å². The van der Waals surface area contributed by atoms with E-state index in [1.807, 2.05) is 57.2 Å². The Morgan fingerprint density at radius 2 is 1.83 bits per heavy atom. The van der Waals surface area contributed by atoms with Gasteiger partial charge < -0.3 is 33.7 Å². The van der Waals surface area contributed by atoms with Crippen molar-refractivity contribution in [3.63, 3.8) is 0 Å². The van der Waals surface area contributed by atoms with Gasteiger partial charge in [-0.3, -0.25) is 9.08 Å². The lowest BCUT2D eigenvalue weighted by Gasteiger charge is -2.52. The van der Waals surface area contributed by atoms with Crippen LogP contribution in [0.25, 0.3) is 0 Å². The zero-order valence-corrected chi connectivity index (χ0v) is 29.3. The first-order valence-corrected chi connectivity index (χ1v) is 17.8. The number of hydrogen-bond acceptors (Lipinski definition) is 10. The van der Waals surface area contributed by atoms with Gasteiger partial charge in [-0.25, -0.2) is 4.79 Å². The van der Waals surface area contributed by atoms with Gasteiger partial charge in [0.1, 0.15) is 18.1 Å². The molecule has 2 aliphatic heterocycles. The molecule has 1 N–H and O–H groups in total. The monoisotopic (exact) mass is 678 g/mol. The van der Waals surface area contributed by atoms with Crippen molar-refractivity contribution in [2.45, 2.75) is 71.0 Å². The number of benzene rings is 2. The van der Waals surface area contributed by atoms with Crippen molar-refractivity contribution in [2.24, 2.45) is 5.41 Å². The molecule has 0 saturated carbocycles. The van der Waals surface area contributed by atoms with E-state index in [9.17, 15) is 18.3 Å². The van der Waals surface area contributed by atoms with Gasteiger partial charge in [0.2, 0.25) is 0 Å². The highest BCUT2D eigenvalue weighted by molar-refractivity contribution is 7.86. The summed E-state index contributed by atoms with van der Waals surface area (Å²) in [7, 11) is -0.432. The number of piperidine rings is 1. The maximum absolute atomic E-state index is 12.8. The Kier molecular flexibility index (Phi) is 12.4. The molecule has 0 aromatic heterocycles. The molecule has 0 radical (unpaired) electrons. The summed E-state index contributed by atoms with van der Waals surface area (Å²) in [5.41, 5.74) is 2.27. The van der Waals surface area contributed by atoms with Gasteiger partial charge in [-0.2, -0.15) is 8.42 Å². The quantitative estimate of drug-likeness (QED) is 0.219. The fraction of sp³-hybridized carbons (Fsp3) is 0.618. The number of anilines is 1. The third-order valence-electron chi connectivity index (χ3n) is 8.50. The van der Waals surface area contributed by atoms with Gasteiger partial charge in [-0.15, -0.1) is 0 Å². The Morgan fingerprint density at radius 3 is 2.45 bits per heavy atom. The van der Waals surface area contributed by atoms with E-state index in [0.717, 1.165) is 48.3 Å². The second-order valence-electron chi connectivity index (χ2n) is 13.3. The number of methoxy groups -OCH3 is 2. The van der Waals surface area contributed by atoms with Crippen LogP contribution in [0.3, 0.4) is 0 Å². The molecule has 5 atom stereocenters. The number of nitrogens with zero attached hydrogens (tertiary/aromatic N) is 2. The van der Waals surface area contributed by atoms with Gasteiger partial charge in [0.25, 0.3) is 10.1 Å². The maximum Gasteiger partial charge on any atom is 0.407 e. The van der Waals surface area contributed by atoms with Crippen molar-refractivity contribution >= 4 is 21.9 Å². The van der Waals surface area contributed by atoms with E-state index < -0.39 is 51.9 Å². The zero-order valence-electron chi connectivity index (χ0n) is 28.5. The predicted octanol–water partition coefficient (Wildman–Crippen LogP) is 4.76. The SMILES string of the molecule is COCCCN1CCOc2ccc(CO[C@H]3CN(C(=O)O)C(C(C)(C)C)[C@@H](OC[C@@H](C)OS(C)(=O)=O)[C@@H]3c3ccc(OC)cc3)cc21. The second kappa shape index (κ2) is 15.9. The first kappa shape index (κ1) is 36.7. The minimum absolute atomic E-state index is 0.0686. The summed E-state index contributed by atoms with van der Waals surface area (Å²) in [4.78, 5) is 16.5. The zero-order chi connectivity index (χ0) is 34.4. The molecule has 2 aromatic rings. The Balaban J connectivity index is 1.69. The third kappa shape index (κ3) is 9.73. The van der Waals surface area contributed by atoms with E-state index in [4.69, 9.17) is 27.9 Å². The Hall–Kier alpha value is -3.10. The number of carboxylic acid groups (broad SMARTS) is 1. The van der Waals surface area contributed by atoms with Gasteiger partial charge in [0, 0.05) is 26.2 Å². The number of carbonyl (C=O) groups is 1. The molecule has 0 bridgehead atoms. The lowest BCUT2D eigenvalue weighted by molar-refractivity contribution is -0.143. The molecule has 13 heteroatoms. The molecular formula is C34H50N2O10S. The second-order valence-corrected chi connectivity index (χ2v) is 14.9. The Labute approximate surface area is 278 Å². The van der Waals surface area contributed by atoms with E-state index >= 15 is 0 Å². The maximum atomic E-state index is 12.8. The lowest BCUT2D eigenvalue weighted by Crippen LogP contribution is -2.64. The number of fused-ring (bicyclic) bond motifs is 1. The van der Waals surface area contributed by atoms with Gasteiger partial charge >= 0.3 is 6.09 Å². The first-order chi connectivity index (χ1) is 22.2. The third-order valence-corrected chi connectivity index (χ3v) is 9.18. The van der Waals surface area contributed by atoms with Crippen molar-refractivity contribution in [3.05, 3.63) is 53.6 Å². The van der Waals surface area contributed by atoms with Crippen LogP contribution in [0.5, 0.6) is 11.5 Å². The van der Waals surface area contributed by atoms with Gasteiger partial charge in [-0.05, 0) is 54.2 Å². The van der Waals surface area contributed by atoms with Crippen LogP contribution in [0.1, 0.15) is 51.2 Å². The molecule has 0 spiro atoms. The average molecular weight is 679 g/mol. The summed E-state index contributed by atoms with van der Waals surface area (Å²) in [5, 5.41) is 10.5. The van der Waals surface area contributed by atoms with Gasteiger partial charge in [0.05, 0.1) is 69.7 Å². The molecule has 47 heavy (non-hydrogen) atoms. The summed E-state index contributed by atoms with van der Waals surface area (Å²) in [6.45, 7) is 10.7. The van der Waals surface area contributed by atoms with E-state index in [1.54, 1.807) is 21.1 Å². The fourth-order valence-electron chi connectivity index (χ4n) is 6.56. The van der Waals surface area contributed by atoms with E-state index in [1.165, 1.54) is 4.90 Å². The average Bonchev–Trinajstić information content (AvgIpc) is 3.01. The number of rotatable bonds is 14. The highest BCUT2D eigenvalue weighted by Gasteiger charge is 2.51. The van der Waals surface area contributed by atoms with Gasteiger partial charge in [-0.1, -0.05) is 39.0 Å². The lowest BCUT2D eigenvalue weighted by atomic mass is 9.71. The summed E-state index contributed by atoms with van der Waals surface area (Å²) >= 11 is 0. The van der Waals surface area contributed by atoms with Crippen LogP contribution in [0, 0.1) is 5.41 Å². The highest BCUT2D eigenvalue weighted by atomic mass is 32.2. The van der Waals surface area contributed by atoms with Crippen LogP contribution in [0.15, 0.2) is 42.5 Å². The largest absolute Gasteiger partial charge is 0.497 e. The molecule has 2 aromatic carbocycles. The molecule has 1 amide bonds. The molecule has 2 aliphatic rings. The summed E-state index contributed by atoms with van der Waals surface area (Å²) in [5.74, 6) is 1.09. The van der Waals surface area contributed by atoms with Gasteiger partial charge in [0.15, 0.2) is 0 Å². The number of likely N-dealkylation sites (tertiary alicyclic amines) is 1. The fourth-order valence-corrected chi connectivity index (χ4v) is 7.21. The molecule has 1 unspecified atom stereocenters. The molecule has 4 rings (SSSR count). The first-order valence-electron chi connectivity index (χ1n) is 16.0. The van der Waals surface area contributed by atoms with Crippen LogP contribution in [-0.2, 0) is 35.1 Å². The van der Waals surface area contributed by atoms with Crippen LogP contribution in [0.2, 0.25) is 0 Å². The molecule has 12 nitrogen and oxygen atoms in total. The van der Waals surface area contributed by atoms with E-state index in [0.29, 0.717) is 19.0 Å². The van der Waals surface area contributed by atoms with Crippen molar-refractivity contribution in [2.75, 3.05) is 64.8 Å². The summed E-state index contributed by atoms with van der Waals surface area (Å²) in [6, 6.07) is 13.0. The number of ether oxygens (including phenoxy) is 5. The molecule has 2 heterocycles. The van der Waals surface area contributed by atoms with E-state index in [2.05, 4.69) is 11.0 Å². The molecule has 262 valence electrons. The van der Waals surface area contributed by atoms with Crippen LogP contribution in [-0.4, -0.2) is 109 Å². The number of hydrogen-bond donors (Lipinski definition) is 1. The number of amides is 1. The van der Waals surface area contributed by atoms with Crippen LogP contribution in [0.4, 0.5) is 10.5 Å². The summed E-state index contributed by atoms with van der Waals surface area (Å²) in [6.07, 6.45) is -1.29. The Bertz CT molecular complexity index is 1430. The normalized spacial score (nSPS) is 22.4. The van der Waals surface area contributed by atoms with Crippen molar-refractivity contribution in [3.8, 4) is 11.5 Å². The Morgan fingerprint density at radius 1 is 1.11 bits per heavy atom. The summed E-state index contributed by atoms with van der Waals surface area (Å²) < 4.78 is 58.6. The topological polar surface area (TPSA) is 133 Å². The minimum Gasteiger partial charge on any atom is -0.497 e. The molecule has 1 saturated heterocycles. The van der Waals surface area contributed by atoms with E-state index in [-0.39, 0.29) is 19.8 Å². The minimum atomic E-state index is -3.73. The molecular weight excluding hydrogens is 628 g/mol.